The van der Waals surface area contributed by atoms with E-state index in [2.05, 4.69) is 37.9 Å². The van der Waals surface area contributed by atoms with Gasteiger partial charge in [-0.15, -0.1) is 0 Å². The highest BCUT2D eigenvalue weighted by Gasteiger charge is 2.44. The first kappa shape index (κ1) is 28.7. The van der Waals surface area contributed by atoms with Crippen molar-refractivity contribution in [3.8, 4) is 0 Å². The van der Waals surface area contributed by atoms with Crippen molar-refractivity contribution in [3.63, 3.8) is 0 Å². The van der Waals surface area contributed by atoms with Crippen molar-refractivity contribution >= 4 is 37.9 Å². The van der Waals surface area contributed by atoms with E-state index in [0.717, 1.165) is 6.42 Å². The Morgan fingerprint density at radius 1 is 0.633 bits per heavy atom. The fraction of sp³-hybridized carbons (Fsp3) is 1.00. The molecular formula is C17H34O10S3. The zero-order chi connectivity index (χ0) is 22.8. The summed E-state index contributed by atoms with van der Waals surface area (Å²) in [5, 5.41) is 57.1. The molecule has 2 heterocycles. The summed E-state index contributed by atoms with van der Waals surface area (Å²) >= 11 is 11.9. The summed E-state index contributed by atoms with van der Waals surface area (Å²) in [5.74, 6) is 0.985. The Hall–Kier alpha value is 0.650. The Labute approximate surface area is 192 Å². The molecule has 10 nitrogen and oxygen atoms in total. The zero-order valence-electron chi connectivity index (χ0n) is 16.7. The largest absolute Gasteiger partial charge is 0.388 e. The average molecular weight is 495 g/mol. The third-order valence-corrected chi connectivity index (χ3v) is 5.46. The van der Waals surface area contributed by atoms with Crippen molar-refractivity contribution in [3.05, 3.63) is 0 Å². The summed E-state index contributed by atoms with van der Waals surface area (Å²) in [4.78, 5) is 0. The summed E-state index contributed by atoms with van der Waals surface area (Å²) in [6, 6.07) is 0. The SMILES string of the molecule is CCCO[C@H]1OC(CS)[C@H](O)[C@H](O)C1O.OC1[C@H](OCCS)OC(CS)[C@H](O)[C@@H]1O. The average Bonchev–Trinajstić information content (AvgIpc) is 2.75. The molecule has 30 heavy (non-hydrogen) atoms. The lowest BCUT2D eigenvalue weighted by molar-refractivity contribution is -0.291. The molecule has 0 aliphatic carbocycles. The monoisotopic (exact) mass is 494 g/mol. The van der Waals surface area contributed by atoms with Crippen LogP contribution in [0.5, 0.6) is 0 Å². The minimum atomic E-state index is -1.28. The van der Waals surface area contributed by atoms with E-state index >= 15 is 0 Å². The van der Waals surface area contributed by atoms with Gasteiger partial charge < -0.3 is 49.6 Å². The summed E-state index contributed by atoms with van der Waals surface area (Å²) in [7, 11) is 0. The Morgan fingerprint density at radius 2 is 1.03 bits per heavy atom. The molecule has 0 amide bonds. The van der Waals surface area contributed by atoms with E-state index in [9.17, 15) is 30.6 Å². The van der Waals surface area contributed by atoms with Gasteiger partial charge >= 0.3 is 0 Å². The van der Waals surface area contributed by atoms with Gasteiger partial charge in [0.15, 0.2) is 12.6 Å². The molecular weight excluding hydrogens is 460 g/mol. The van der Waals surface area contributed by atoms with Crippen molar-refractivity contribution in [1.82, 2.24) is 0 Å². The molecule has 0 aromatic carbocycles. The normalized spacial score (nSPS) is 41.8. The minimum absolute atomic E-state index is 0.242. The van der Waals surface area contributed by atoms with Crippen molar-refractivity contribution in [1.29, 1.82) is 0 Å². The molecule has 2 aliphatic rings. The third-order valence-electron chi connectivity index (χ3n) is 4.56. The van der Waals surface area contributed by atoms with Gasteiger partial charge in [0.2, 0.25) is 0 Å². The highest BCUT2D eigenvalue weighted by atomic mass is 32.1. The van der Waals surface area contributed by atoms with E-state index in [1.54, 1.807) is 0 Å². The smallest absolute Gasteiger partial charge is 0.186 e. The minimum Gasteiger partial charge on any atom is -0.388 e. The van der Waals surface area contributed by atoms with Gasteiger partial charge in [-0.1, -0.05) is 6.92 Å². The van der Waals surface area contributed by atoms with Crippen LogP contribution in [0.4, 0.5) is 0 Å². The molecule has 13 heteroatoms. The van der Waals surface area contributed by atoms with Crippen LogP contribution in [0.15, 0.2) is 0 Å². The van der Waals surface area contributed by atoms with E-state index in [0.29, 0.717) is 19.0 Å². The predicted molar refractivity (Wildman–Crippen MR) is 117 cm³/mol. The van der Waals surface area contributed by atoms with Crippen LogP contribution in [0, 0.1) is 0 Å². The molecule has 4 unspecified atom stereocenters. The van der Waals surface area contributed by atoms with Gasteiger partial charge in [0, 0.05) is 23.9 Å². The standard InChI is InChI=1S/C9H18O5S.C8H16O5S2/c1-2-3-13-9-8(12)7(11)6(10)5(4-15)14-9;9-5-4(3-15)13-8(12-1-2-14)7(11)6(5)10/h5-12,15H,2-4H2,1H3;4-11,14-15H,1-3H2/t5?,6-,7-,8?,9-;4?,5-,6-,7?,8+/m00/s1. The Kier molecular flexibility index (Phi) is 14.1. The topological polar surface area (TPSA) is 158 Å². The quantitative estimate of drug-likeness (QED) is 0.170. The van der Waals surface area contributed by atoms with E-state index in [-0.39, 0.29) is 11.5 Å². The lowest BCUT2D eigenvalue weighted by atomic mass is 10.00. The summed E-state index contributed by atoms with van der Waals surface area (Å²) in [5.41, 5.74) is 0. The van der Waals surface area contributed by atoms with Gasteiger partial charge in [0.1, 0.15) is 36.6 Å². The van der Waals surface area contributed by atoms with Gasteiger partial charge in [0.05, 0.1) is 18.8 Å². The van der Waals surface area contributed by atoms with Crippen LogP contribution in [0.2, 0.25) is 0 Å². The molecule has 2 aliphatic heterocycles. The van der Waals surface area contributed by atoms with Crippen LogP contribution >= 0.6 is 37.9 Å². The number of aliphatic hydroxyl groups is 6. The molecule has 0 aromatic heterocycles. The lowest BCUT2D eigenvalue weighted by Gasteiger charge is -2.39. The number of aliphatic hydroxyl groups excluding tert-OH is 6. The number of hydrogen-bond acceptors (Lipinski definition) is 13. The maximum absolute atomic E-state index is 9.56. The van der Waals surface area contributed by atoms with Gasteiger partial charge in [-0.25, -0.2) is 0 Å². The van der Waals surface area contributed by atoms with Crippen LogP contribution in [0.3, 0.4) is 0 Å². The maximum Gasteiger partial charge on any atom is 0.186 e. The van der Waals surface area contributed by atoms with Gasteiger partial charge in [-0.05, 0) is 6.42 Å². The molecule has 10 atom stereocenters. The number of ether oxygens (including phenoxy) is 4. The van der Waals surface area contributed by atoms with Crippen LogP contribution < -0.4 is 0 Å². The molecule has 0 spiro atoms. The molecule has 0 saturated carbocycles. The number of thiol groups is 3. The Morgan fingerprint density at radius 3 is 1.37 bits per heavy atom. The molecule has 2 fully saturated rings. The molecule has 0 aromatic rings. The zero-order valence-corrected chi connectivity index (χ0v) is 19.4. The van der Waals surface area contributed by atoms with Crippen LogP contribution in [0.25, 0.3) is 0 Å². The maximum atomic E-state index is 9.56. The molecule has 6 N–H and O–H groups in total. The first-order valence-corrected chi connectivity index (χ1v) is 11.6. The highest BCUT2D eigenvalue weighted by molar-refractivity contribution is 7.80. The first-order valence-electron chi connectivity index (χ1n) is 9.68. The number of hydrogen-bond donors (Lipinski definition) is 9. The summed E-state index contributed by atoms with van der Waals surface area (Å²) in [6.07, 6.45) is -9.57. The van der Waals surface area contributed by atoms with E-state index in [1.807, 2.05) is 6.92 Å². The Bertz CT molecular complexity index is 421. The highest BCUT2D eigenvalue weighted by Crippen LogP contribution is 2.23. The van der Waals surface area contributed by atoms with Crippen molar-refractivity contribution < 1.29 is 49.6 Å². The van der Waals surface area contributed by atoms with Crippen LogP contribution in [0.1, 0.15) is 13.3 Å². The second kappa shape index (κ2) is 14.7. The lowest BCUT2D eigenvalue weighted by Crippen LogP contribution is -2.58. The van der Waals surface area contributed by atoms with Crippen LogP contribution in [-0.2, 0) is 18.9 Å². The second-order valence-corrected chi connectivity index (χ2v) is 8.04. The van der Waals surface area contributed by atoms with Crippen molar-refractivity contribution in [2.24, 2.45) is 0 Å². The second-order valence-electron chi connectivity index (χ2n) is 6.86. The Balaban J connectivity index is 0.000000300. The van der Waals surface area contributed by atoms with Crippen molar-refractivity contribution in [2.75, 3.05) is 30.5 Å². The van der Waals surface area contributed by atoms with Gasteiger partial charge in [0.25, 0.3) is 0 Å². The van der Waals surface area contributed by atoms with Crippen molar-refractivity contribution in [2.45, 2.75) is 74.8 Å². The molecule has 0 radical (unpaired) electrons. The number of rotatable bonds is 8. The third kappa shape index (κ3) is 7.90. The molecule has 2 rings (SSSR count). The van der Waals surface area contributed by atoms with E-state index < -0.39 is 61.4 Å². The fourth-order valence-electron chi connectivity index (χ4n) is 2.81. The first-order chi connectivity index (χ1) is 14.2. The van der Waals surface area contributed by atoms with E-state index in [4.69, 9.17) is 18.9 Å². The van der Waals surface area contributed by atoms with Gasteiger partial charge in [-0.2, -0.15) is 37.9 Å². The molecule has 180 valence electrons. The fourth-order valence-corrected chi connectivity index (χ4v) is 3.52. The van der Waals surface area contributed by atoms with Crippen LogP contribution in [-0.4, -0.2) is 123 Å². The summed E-state index contributed by atoms with van der Waals surface area (Å²) < 4.78 is 20.9. The summed E-state index contributed by atoms with van der Waals surface area (Å²) in [6.45, 7) is 2.66. The predicted octanol–water partition coefficient (Wildman–Crippen LogP) is -2.18. The molecule has 0 bridgehead atoms. The molecule has 2 saturated heterocycles. The van der Waals surface area contributed by atoms with E-state index in [1.165, 1.54) is 0 Å². The van der Waals surface area contributed by atoms with Gasteiger partial charge in [-0.3, -0.25) is 0 Å².